The second-order valence-corrected chi connectivity index (χ2v) is 7.02. The first kappa shape index (κ1) is 17.0. The largest absolute Gasteiger partial charge is 0.376 e. The summed E-state index contributed by atoms with van der Waals surface area (Å²) in [7, 11) is 0. The summed E-state index contributed by atoms with van der Waals surface area (Å²) in [5.41, 5.74) is 3.57. The van der Waals surface area contributed by atoms with Crippen molar-refractivity contribution in [1.29, 1.82) is 0 Å². The summed E-state index contributed by atoms with van der Waals surface area (Å²) in [4.78, 5) is 16.4. The van der Waals surface area contributed by atoms with Gasteiger partial charge in [-0.15, -0.1) is 0 Å². The van der Waals surface area contributed by atoms with Crippen molar-refractivity contribution in [2.75, 3.05) is 18.9 Å². The molecule has 0 bridgehead atoms. The van der Waals surface area contributed by atoms with Gasteiger partial charge in [-0.05, 0) is 49.9 Å². The molecule has 1 aromatic heterocycles. The Morgan fingerprint density at radius 1 is 1.42 bits per heavy atom. The molecule has 0 radical (unpaired) electrons. The Morgan fingerprint density at radius 2 is 2.29 bits per heavy atom. The van der Waals surface area contributed by atoms with Crippen LogP contribution in [0.3, 0.4) is 0 Å². The molecule has 1 N–H and O–H groups in total. The van der Waals surface area contributed by atoms with Crippen molar-refractivity contribution in [1.82, 2.24) is 14.9 Å². The maximum absolute atomic E-state index is 12.0. The Hall–Kier alpha value is -1.79. The average molecular weight is 345 g/mol. The maximum Gasteiger partial charge on any atom is 0.230 e. The van der Waals surface area contributed by atoms with Gasteiger partial charge in [0.1, 0.15) is 0 Å². The lowest BCUT2D eigenvalue weighted by Gasteiger charge is -2.11. The predicted octanol–water partition coefficient (Wildman–Crippen LogP) is 2.88. The van der Waals surface area contributed by atoms with E-state index in [1.165, 1.54) is 22.9 Å². The van der Waals surface area contributed by atoms with Gasteiger partial charge in [0.2, 0.25) is 5.91 Å². The van der Waals surface area contributed by atoms with E-state index in [-0.39, 0.29) is 12.0 Å². The van der Waals surface area contributed by atoms with E-state index in [0.717, 1.165) is 30.3 Å². The molecule has 5 nitrogen and oxygen atoms in total. The molecule has 0 saturated carbocycles. The molecule has 2 aromatic rings. The molecule has 0 unspecified atom stereocenters. The number of aromatic nitrogens is 2. The summed E-state index contributed by atoms with van der Waals surface area (Å²) < 4.78 is 7.53. The van der Waals surface area contributed by atoms with Crippen molar-refractivity contribution in [3.8, 4) is 5.69 Å². The van der Waals surface area contributed by atoms with E-state index in [4.69, 9.17) is 4.74 Å². The fourth-order valence-electron chi connectivity index (χ4n) is 2.68. The molecule has 6 heteroatoms. The van der Waals surface area contributed by atoms with Gasteiger partial charge in [-0.25, -0.2) is 4.98 Å². The van der Waals surface area contributed by atoms with Crippen LogP contribution in [0.1, 0.15) is 24.0 Å². The molecule has 1 aliphatic heterocycles. The smallest absolute Gasteiger partial charge is 0.230 e. The topological polar surface area (TPSA) is 56.2 Å². The van der Waals surface area contributed by atoms with E-state index >= 15 is 0 Å². The number of hydrogen-bond acceptors (Lipinski definition) is 4. The molecule has 1 atom stereocenters. The molecule has 1 amide bonds. The van der Waals surface area contributed by atoms with Gasteiger partial charge in [-0.3, -0.25) is 9.36 Å². The zero-order valence-corrected chi connectivity index (χ0v) is 14.9. The van der Waals surface area contributed by atoms with Crippen LogP contribution in [0.25, 0.3) is 5.69 Å². The van der Waals surface area contributed by atoms with Crippen LogP contribution in [-0.2, 0) is 9.53 Å². The van der Waals surface area contributed by atoms with Crippen LogP contribution >= 0.6 is 11.8 Å². The van der Waals surface area contributed by atoms with Crippen LogP contribution in [0.4, 0.5) is 0 Å². The van der Waals surface area contributed by atoms with Gasteiger partial charge < -0.3 is 10.1 Å². The number of aryl methyl sites for hydroxylation is 2. The summed E-state index contributed by atoms with van der Waals surface area (Å²) in [6, 6.07) is 6.32. The highest BCUT2D eigenvalue weighted by Gasteiger charge is 2.16. The number of amides is 1. The van der Waals surface area contributed by atoms with Crippen molar-refractivity contribution in [2.24, 2.45) is 0 Å². The second-order valence-electron chi connectivity index (χ2n) is 6.08. The lowest BCUT2D eigenvalue weighted by molar-refractivity contribution is -0.119. The highest BCUT2D eigenvalue weighted by Crippen LogP contribution is 2.22. The highest BCUT2D eigenvalue weighted by molar-refractivity contribution is 7.99. The molecule has 0 spiro atoms. The van der Waals surface area contributed by atoms with Crippen molar-refractivity contribution in [2.45, 2.75) is 37.9 Å². The molecule has 1 saturated heterocycles. The Morgan fingerprint density at radius 3 is 3.04 bits per heavy atom. The monoisotopic (exact) mass is 345 g/mol. The average Bonchev–Trinajstić information content (AvgIpc) is 3.25. The molecule has 2 heterocycles. The lowest BCUT2D eigenvalue weighted by atomic mass is 10.1. The third kappa shape index (κ3) is 4.19. The van der Waals surface area contributed by atoms with Crippen molar-refractivity contribution in [3.63, 3.8) is 0 Å². The molecule has 1 aliphatic rings. The van der Waals surface area contributed by atoms with Gasteiger partial charge in [-0.2, -0.15) is 0 Å². The molecular weight excluding hydrogens is 322 g/mol. The van der Waals surface area contributed by atoms with E-state index in [1.54, 1.807) is 6.20 Å². The number of benzene rings is 1. The van der Waals surface area contributed by atoms with Crippen LogP contribution in [-0.4, -0.2) is 40.5 Å². The van der Waals surface area contributed by atoms with E-state index in [0.29, 0.717) is 12.3 Å². The van der Waals surface area contributed by atoms with Crippen LogP contribution in [0, 0.1) is 13.8 Å². The summed E-state index contributed by atoms with van der Waals surface area (Å²) in [5.74, 6) is 0.374. The first-order valence-electron chi connectivity index (χ1n) is 8.25. The molecule has 1 fully saturated rings. The number of hydrogen-bond donors (Lipinski definition) is 1. The molecular formula is C18H23N3O2S. The highest BCUT2D eigenvalue weighted by atomic mass is 32.2. The van der Waals surface area contributed by atoms with Gasteiger partial charge >= 0.3 is 0 Å². The summed E-state index contributed by atoms with van der Waals surface area (Å²) in [6.07, 6.45) is 5.99. The normalized spacial score (nSPS) is 17.2. The molecule has 1 aromatic carbocycles. The minimum absolute atomic E-state index is 0.0186. The van der Waals surface area contributed by atoms with Crippen LogP contribution in [0.5, 0.6) is 0 Å². The number of carbonyl (C=O) groups is 1. The Labute approximate surface area is 146 Å². The van der Waals surface area contributed by atoms with E-state index in [1.807, 2.05) is 10.8 Å². The van der Waals surface area contributed by atoms with Crippen LogP contribution in [0.2, 0.25) is 0 Å². The fourth-order valence-corrected chi connectivity index (χ4v) is 3.49. The van der Waals surface area contributed by atoms with E-state index in [2.05, 4.69) is 42.3 Å². The van der Waals surface area contributed by atoms with Gasteiger partial charge in [0.25, 0.3) is 0 Å². The third-order valence-corrected chi connectivity index (χ3v) is 5.23. The number of nitrogens with zero attached hydrogens (tertiary/aromatic N) is 2. The Kier molecular flexibility index (Phi) is 5.58. The fraction of sp³-hybridized carbons (Fsp3) is 0.444. The van der Waals surface area contributed by atoms with Gasteiger partial charge in [0.15, 0.2) is 5.16 Å². The van der Waals surface area contributed by atoms with Crippen LogP contribution < -0.4 is 5.32 Å². The minimum atomic E-state index is 0.0186. The number of imidazole rings is 1. The summed E-state index contributed by atoms with van der Waals surface area (Å²) >= 11 is 1.45. The van der Waals surface area contributed by atoms with Crippen molar-refractivity contribution >= 4 is 17.7 Å². The third-order valence-electron chi connectivity index (χ3n) is 4.26. The lowest BCUT2D eigenvalue weighted by Crippen LogP contribution is -2.32. The van der Waals surface area contributed by atoms with E-state index < -0.39 is 0 Å². The summed E-state index contributed by atoms with van der Waals surface area (Å²) in [5, 5.41) is 3.77. The number of nitrogens with one attached hydrogen (secondary N) is 1. The van der Waals surface area contributed by atoms with E-state index in [9.17, 15) is 4.79 Å². The predicted molar refractivity (Wildman–Crippen MR) is 95.7 cm³/mol. The van der Waals surface area contributed by atoms with Crippen molar-refractivity contribution in [3.05, 3.63) is 41.7 Å². The number of rotatable bonds is 6. The van der Waals surface area contributed by atoms with Gasteiger partial charge in [-0.1, -0.05) is 17.8 Å². The van der Waals surface area contributed by atoms with Gasteiger partial charge in [0.05, 0.1) is 11.9 Å². The second kappa shape index (κ2) is 7.85. The minimum Gasteiger partial charge on any atom is -0.376 e. The zero-order chi connectivity index (χ0) is 16.9. The number of carbonyl (C=O) groups excluding carboxylic acids is 1. The quantitative estimate of drug-likeness (QED) is 0.818. The SMILES string of the molecule is Cc1ccc(-n2ccnc2SCC(=O)NC[C@@H]2CCCO2)cc1C. The first-order valence-corrected chi connectivity index (χ1v) is 9.24. The standard InChI is InChI=1S/C18H23N3O2S/c1-13-5-6-15(10-14(13)2)21-8-7-19-18(21)24-12-17(22)20-11-16-4-3-9-23-16/h5-8,10,16H,3-4,9,11-12H2,1-2H3,(H,20,22)/t16-/m0/s1. The Bertz CT molecular complexity index is 708. The molecule has 128 valence electrons. The number of ether oxygens (including phenoxy) is 1. The maximum atomic E-state index is 12.0. The van der Waals surface area contributed by atoms with Crippen LogP contribution in [0.15, 0.2) is 35.7 Å². The zero-order valence-electron chi connectivity index (χ0n) is 14.1. The molecule has 3 rings (SSSR count). The Balaban J connectivity index is 1.57. The number of thioether (sulfide) groups is 1. The van der Waals surface area contributed by atoms with Crippen molar-refractivity contribution < 1.29 is 9.53 Å². The molecule has 24 heavy (non-hydrogen) atoms. The summed E-state index contributed by atoms with van der Waals surface area (Å²) in [6.45, 7) is 5.61. The first-order chi connectivity index (χ1) is 11.6. The van der Waals surface area contributed by atoms with Gasteiger partial charge in [0, 0.05) is 31.2 Å². The molecule has 0 aliphatic carbocycles.